The van der Waals surface area contributed by atoms with Gasteiger partial charge in [-0.2, -0.15) is 0 Å². The first-order valence-corrected chi connectivity index (χ1v) is 7.22. The molecule has 1 aromatic rings. The second kappa shape index (κ2) is 7.67. The van der Waals surface area contributed by atoms with Gasteiger partial charge >= 0.3 is 12.0 Å². The summed E-state index contributed by atoms with van der Waals surface area (Å²) in [6, 6.07) is 9.71. The third-order valence-corrected chi connectivity index (χ3v) is 3.52. The molecule has 0 fully saturated rings. The van der Waals surface area contributed by atoms with Crippen LogP contribution in [-0.4, -0.2) is 40.6 Å². The smallest absolute Gasteiger partial charge is 0.329 e. The fourth-order valence-corrected chi connectivity index (χ4v) is 2.14. The fraction of sp³-hybridized carbons (Fsp3) is 0.500. The minimum atomic E-state index is -1.21. The lowest BCUT2D eigenvalue weighted by molar-refractivity contribution is -0.147. The minimum Gasteiger partial charge on any atom is -0.480 e. The van der Waals surface area contributed by atoms with E-state index in [0.717, 1.165) is 12.8 Å². The summed E-state index contributed by atoms with van der Waals surface area (Å²) < 4.78 is 0. The fourth-order valence-electron chi connectivity index (χ4n) is 2.14. The van der Waals surface area contributed by atoms with Gasteiger partial charge in [0.25, 0.3) is 0 Å². The molecule has 1 aromatic carbocycles. The van der Waals surface area contributed by atoms with Crippen LogP contribution in [0.25, 0.3) is 0 Å². The van der Waals surface area contributed by atoms with Crippen molar-refractivity contribution in [1.82, 2.24) is 10.2 Å². The highest BCUT2D eigenvalue weighted by molar-refractivity contribution is 5.85. The van der Waals surface area contributed by atoms with Gasteiger partial charge in [-0.1, -0.05) is 30.3 Å². The summed E-state index contributed by atoms with van der Waals surface area (Å²) >= 11 is 0. The maximum Gasteiger partial charge on any atom is 0.329 e. The molecule has 0 atom stereocenters. The Morgan fingerprint density at radius 1 is 1.24 bits per heavy atom. The number of hydrogen-bond acceptors (Lipinski definition) is 2. The Bertz CT molecular complexity index is 472. The number of urea groups is 1. The number of carboxylic acids is 1. The number of hydrogen-bond donors (Lipinski definition) is 2. The van der Waals surface area contributed by atoms with Crippen molar-refractivity contribution in [3.63, 3.8) is 0 Å². The van der Waals surface area contributed by atoms with Gasteiger partial charge in [0.1, 0.15) is 5.54 Å². The zero-order valence-corrected chi connectivity index (χ0v) is 12.9. The highest BCUT2D eigenvalue weighted by Gasteiger charge is 2.36. The standard InChI is InChI=1S/C16H24N2O3/c1-4-18(16(2,3)14(19)20)15(21)17-12-8-11-13-9-6-5-7-10-13/h5-7,9-10H,4,8,11-12H2,1-3H3,(H,17,21)(H,19,20). The largest absolute Gasteiger partial charge is 0.480 e. The molecule has 116 valence electrons. The van der Waals surface area contributed by atoms with Crippen molar-refractivity contribution in [2.45, 2.75) is 39.2 Å². The van der Waals surface area contributed by atoms with Crippen molar-refractivity contribution in [2.24, 2.45) is 0 Å². The molecule has 5 heteroatoms. The molecule has 0 saturated carbocycles. The molecule has 0 aliphatic heterocycles. The number of aliphatic carboxylic acids is 1. The van der Waals surface area contributed by atoms with E-state index in [2.05, 4.69) is 5.32 Å². The van der Waals surface area contributed by atoms with Crippen LogP contribution in [0.3, 0.4) is 0 Å². The Kier molecular flexibility index (Phi) is 6.21. The van der Waals surface area contributed by atoms with Gasteiger partial charge in [0.05, 0.1) is 0 Å². The summed E-state index contributed by atoms with van der Waals surface area (Å²) in [6.07, 6.45) is 1.70. The molecule has 5 nitrogen and oxygen atoms in total. The average Bonchev–Trinajstić information content (AvgIpc) is 2.45. The number of carbonyl (C=O) groups excluding carboxylic acids is 1. The molecule has 2 amide bonds. The number of carboxylic acid groups (broad SMARTS) is 1. The third kappa shape index (κ3) is 4.77. The molecule has 21 heavy (non-hydrogen) atoms. The summed E-state index contributed by atoms with van der Waals surface area (Å²) in [4.78, 5) is 24.6. The predicted octanol–water partition coefficient (Wildman–Crippen LogP) is 2.51. The molecule has 0 bridgehead atoms. The van der Waals surface area contributed by atoms with E-state index in [1.807, 2.05) is 30.3 Å². The van der Waals surface area contributed by atoms with Crippen molar-refractivity contribution < 1.29 is 14.7 Å². The van der Waals surface area contributed by atoms with E-state index in [0.29, 0.717) is 13.1 Å². The number of carbonyl (C=O) groups is 2. The van der Waals surface area contributed by atoms with Gasteiger partial charge < -0.3 is 15.3 Å². The van der Waals surface area contributed by atoms with Gasteiger partial charge in [0, 0.05) is 13.1 Å². The molecule has 1 rings (SSSR count). The van der Waals surface area contributed by atoms with Crippen LogP contribution in [0.5, 0.6) is 0 Å². The van der Waals surface area contributed by atoms with Gasteiger partial charge in [-0.3, -0.25) is 0 Å². The maximum atomic E-state index is 12.1. The van der Waals surface area contributed by atoms with E-state index in [1.54, 1.807) is 6.92 Å². The average molecular weight is 292 g/mol. The van der Waals surface area contributed by atoms with Crippen molar-refractivity contribution >= 4 is 12.0 Å². The van der Waals surface area contributed by atoms with Gasteiger partial charge in [0.15, 0.2) is 0 Å². The molecular weight excluding hydrogens is 268 g/mol. The van der Waals surface area contributed by atoms with Gasteiger partial charge in [-0.05, 0) is 39.2 Å². The summed E-state index contributed by atoms with van der Waals surface area (Å²) in [6.45, 7) is 5.71. The number of benzene rings is 1. The Balaban J connectivity index is 2.43. The van der Waals surface area contributed by atoms with E-state index < -0.39 is 11.5 Å². The number of nitrogens with zero attached hydrogens (tertiary/aromatic N) is 1. The highest BCUT2D eigenvalue weighted by Crippen LogP contribution is 2.14. The second-order valence-corrected chi connectivity index (χ2v) is 5.43. The molecule has 0 unspecified atom stereocenters. The van der Waals surface area contributed by atoms with Crippen LogP contribution in [0.15, 0.2) is 30.3 Å². The van der Waals surface area contributed by atoms with E-state index in [4.69, 9.17) is 0 Å². The normalized spacial score (nSPS) is 11.0. The summed E-state index contributed by atoms with van der Waals surface area (Å²) in [5.41, 5.74) is 0.0168. The number of likely N-dealkylation sites (N-methyl/N-ethyl adjacent to an activating group) is 1. The number of amides is 2. The Labute approximate surface area is 126 Å². The molecule has 0 radical (unpaired) electrons. The van der Waals surface area contributed by atoms with Crippen molar-refractivity contribution in [3.05, 3.63) is 35.9 Å². The molecule has 0 aromatic heterocycles. The SMILES string of the molecule is CCN(C(=O)NCCCc1ccccc1)C(C)(C)C(=O)O. The van der Waals surface area contributed by atoms with Crippen LogP contribution in [0, 0.1) is 0 Å². The Hall–Kier alpha value is -2.04. The van der Waals surface area contributed by atoms with Gasteiger partial charge in [-0.15, -0.1) is 0 Å². The summed E-state index contributed by atoms with van der Waals surface area (Å²) in [5.74, 6) is -1.01. The van der Waals surface area contributed by atoms with Crippen LogP contribution >= 0.6 is 0 Å². The lowest BCUT2D eigenvalue weighted by Crippen LogP contribution is -2.56. The lowest BCUT2D eigenvalue weighted by Gasteiger charge is -2.34. The molecule has 0 heterocycles. The third-order valence-electron chi connectivity index (χ3n) is 3.52. The lowest BCUT2D eigenvalue weighted by atomic mass is 10.0. The van der Waals surface area contributed by atoms with E-state index in [-0.39, 0.29) is 6.03 Å². The number of nitrogens with one attached hydrogen (secondary N) is 1. The van der Waals surface area contributed by atoms with E-state index in [9.17, 15) is 14.7 Å². The zero-order chi connectivity index (χ0) is 15.9. The Morgan fingerprint density at radius 3 is 2.38 bits per heavy atom. The summed E-state index contributed by atoms with van der Waals surface area (Å²) in [7, 11) is 0. The van der Waals surface area contributed by atoms with E-state index >= 15 is 0 Å². The quantitative estimate of drug-likeness (QED) is 0.759. The first-order valence-electron chi connectivity index (χ1n) is 7.22. The zero-order valence-electron chi connectivity index (χ0n) is 12.9. The van der Waals surface area contributed by atoms with Crippen LogP contribution in [0.2, 0.25) is 0 Å². The van der Waals surface area contributed by atoms with Crippen LogP contribution in [0.1, 0.15) is 32.8 Å². The first kappa shape index (κ1) is 17.0. The van der Waals surface area contributed by atoms with E-state index in [1.165, 1.54) is 24.3 Å². The molecule has 0 aliphatic carbocycles. The molecule has 2 N–H and O–H groups in total. The summed E-state index contributed by atoms with van der Waals surface area (Å²) in [5, 5.41) is 12.0. The number of aryl methyl sites for hydroxylation is 1. The second-order valence-electron chi connectivity index (χ2n) is 5.43. The predicted molar refractivity (Wildman–Crippen MR) is 82.3 cm³/mol. The molecule has 0 spiro atoms. The van der Waals surface area contributed by atoms with Gasteiger partial charge in [-0.25, -0.2) is 9.59 Å². The maximum absolute atomic E-state index is 12.1. The molecular formula is C16H24N2O3. The molecule has 0 saturated heterocycles. The molecule has 0 aliphatic rings. The van der Waals surface area contributed by atoms with Crippen molar-refractivity contribution in [1.29, 1.82) is 0 Å². The van der Waals surface area contributed by atoms with Crippen molar-refractivity contribution in [3.8, 4) is 0 Å². The van der Waals surface area contributed by atoms with Gasteiger partial charge in [0.2, 0.25) is 0 Å². The minimum absolute atomic E-state index is 0.335. The van der Waals surface area contributed by atoms with Crippen LogP contribution < -0.4 is 5.32 Å². The van der Waals surface area contributed by atoms with Crippen molar-refractivity contribution in [2.75, 3.05) is 13.1 Å². The monoisotopic (exact) mass is 292 g/mol. The van der Waals surface area contributed by atoms with Crippen LogP contribution in [-0.2, 0) is 11.2 Å². The Morgan fingerprint density at radius 2 is 1.86 bits per heavy atom. The topological polar surface area (TPSA) is 69.6 Å². The highest BCUT2D eigenvalue weighted by atomic mass is 16.4. The number of rotatable bonds is 7. The first-order chi connectivity index (χ1) is 9.89. The van der Waals surface area contributed by atoms with Crippen LogP contribution in [0.4, 0.5) is 4.79 Å².